The molecule has 174 valence electrons. The van der Waals surface area contributed by atoms with Gasteiger partial charge in [-0.15, -0.1) is 24.0 Å². The molecule has 2 N–H and O–H groups in total. The monoisotopic (exact) mass is 537 g/mol. The molecule has 9 heteroatoms. The molecule has 0 radical (unpaired) electrons. The summed E-state index contributed by atoms with van der Waals surface area (Å²) in [5.41, 5.74) is 1.15. The second-order valence-corrected chi connectivity index (χ2v) is 7.12. The summed E-state index contributed by atoms with van der Waals surface area (Å²) in [6.07, 6.45) is 1.04. The molecule has 1 unspecified atom stereocenters. The third kappa shape index (κ3) is 10.1. The van der Waals surface area contributed by atoms with Gasteiger partial charge in [0.05, 0.1) is 20.3 Å². The summed E-state index contributed by atoms with van der Waals surface area (Å²) in [7, 11) is 13.1. The number of benzene rings is 1. The minimum Gasteiger partial charge on any atom is -0.493 e. The number of aliphatic imine (C=N–C) groups is 1. The van der Waals surface area contributed by atoms with Gasteiger partial charge in [-0.3, -0.25) is 4.99 Å². The van der Waals surface area contributed by atoms with Crippen LogP contribution in [0.15, 0.2) is 23.2 Å². The van der Waals surface area contributed by atoms with Gasteiger partial charge in [-0.2, -0.15) is 0 Å². The van der Waals surface area contributed by atoms with Gasteiger partial charge in [0.15, 0.2) is 17.5 Å². The number of guanidine groups is 1. The van der Waals surface area contributed by atoms with E-state index in [0.29, 0.717) is 6.54 Å². The van der Waals surface area contributed by atoms with Gasteiger partial charge in [0, 0.05) is 46.9 Å². The van der Waals surface area contributed by atoms with Gasteiger partial charge in [0.2, 0.25) is 0 Å². The highest BCUT2D eigenvalue weighted by Crippen LogP contribution is 2.31. The van der Waals surface area contributed by atoms with Crippen LogP contribution >= 0.6 is 24.0 Å². The Balaban J connectivity index is 0.00000841. The van der Waals surface area contributed by atoms with Crippen molar-refractivity contribution in [1.29, 1.82) is 0 Å². The molecule has 1 atom stereocenters. The van der Waals surface area contributed by atoms with Crippen LogP contribution < -0.4 is 20.1 Å². The summed E-state index contributed by atoms with van der Waals surface area (Å²) in [5.74, 6) is 2.26. The molecule has 0 heterocycles. The molecule has 1 rings (SSSR count). The Labute approximate surface area is 199 Å². The van der Waals surface area contributed by atoms with Crippen molar-refractivity contribution in [2.75, 3.05) is 82.3 Å². The first kappa shape index (κ1) is 28.7. The third-order valence-corrected chi connectivity index (χ3v) is 4.78. The molecule has 0 bridgehead atoms. The molecule has 0 aliphatic carbocycles. The summed E-state index contributed by atoms with van der Waals surface area (Å²) < 4.78 is 15.9. The molecule has 30 heavy (non-hydrogen) atoms. The van der Waals surface area contributed by atoms with Crippen molar-refractivity contribution in [2.24, 2.45) is 4.99 Å². The molecule has 0 amide bonds. The first-order chi connectivity index (χ1) is 14.0. The average molecular weight is 537 g/mol. The fraction of sp³-hybridized carbons (Fsp3) is 0.667. The van der Waals surface area contributed by atoms with Crippen molar-refractivity contribution < 1.29 is 14.2 Å². The maximum absolute atomic E-state index is 5.45. The highest BCUT2D eigenvalue weighted by molar-refractivity contribution is 14.0. The normalized spacial score (nSPS) is 12.5. The van der Waals surface area contributed by atoms with E-state index in [-0.39, 0.29) is 30.0 Å². The first-order valence-corrected chi connectivity index (χ1v) is 9.97. The maximum atomic E-state index is 5.45. The summed E-state index contributed by atoms with van der Waals surface area (Å²) in [6, 6.07) is 6.19. The van der Waals surface area contributed by atoms with E-state index >= 15 is 0 Å². The van der Waals surface area contributed by atoms with Gasteiger partial charge in [-0.05, 0) is 45.3 Å². The number of hydrogen-bond donors (Lipinski definition) is 2. The lowest BCUT2D eigenvalue weighted by Crippen LogP contribution is -2.44. The standard InChI is InChI=1S/C21H39N5O3.HI/c1-22-21(23-11-13-26(4)12-8-14-27-5)24-16-18(25(2)3)17-9-10-19(28-6)20(15-17)29-7;/h9-10,15,18H,8,11-14,16H2,1-7H3,(H2,22,23,24);1H. The van der Waals surface area contributed by atoms with E-state index in [0.717, 1.165) is 55.7 Å². The Morgan fingerprint density at radius 2 is 1.73 bits per heavy atom. The Kier molecular flexibility index (Phi) is 15.7. The van der Waals surface area contributed by atoms with Crippen molar-refractivity contribution in [3.63, 3.8) is 0 Å². The van der Waals surface area contributed by atoms with Crippen LogP contribution in [0.4, 0.5) is 0 Å². The van der Waals surface area contributed by atoms with E-state index in [1.807, 2.05) is 12.1 Å². The molecule has 0 aromatic heterocycles. The Bertz CT molecular complexity index is 616. The lowest BCUT2D eigenvalue weighted by Gasteiger charge is -2.27. The number of nitrogens with zero attached hydrogens (tertiary/aromatic N) is 3. The van der Waals surface area contributed by atoms with Crippen LogP contribution in [-0.2, 0) is 4.74 Å². The van der Waals surface area contributed by atoms with E-state index in [4.69, 9.17) is 14.2 Å². The smallest absolute Gasteiger partial charge is 0.191 e. The molecule has 0 aliphatic rings. The van der Waals surface area contributed by atoms with Gasteiger partial charge < -0.3 is 34.6 Å². The van der Waals surface area contributed by atoms with Crippen molar-refractivity contribution in [3.8, 4) is 11.5 Å². The zero-order chi connectivity index (χ0) is 21.6. The molecular formula is C21H40IN5O3. The summed E-state index contributed by atoms with van der Waals surface area (Å²) in [5, 5.41) is 6.81. The lowest BCUT2D eigenvalue weighted by atomic mass is 10.1. The number of halogens is 1. The topological polar surface area (TPSA) is 70.6 Å². The second kappa shape index (κ2) is 16.4. The fourth-order valence-electron chi connectivity index (χ4n) is 3.03. The maximum Gasteiger partial charge on any atom is 0.191 e. The highest BCUT2D eigenvalue weighted by atomic mass is 127. The Morgan fingerprint density at radius 1 is 1.03 bits per heavy atom. The van der Waals surface area contributed by atoms with Crippen LogP contribution in [0.2, 0.25) is 0 Å². The second-order valence-electron chi connectivity index (χ2n) is 7.12. The largest absolute Gasteiger partial charge is 0.493 e. The highest BCUT2D eigenvalue weighted by Gasteiger charge is 2.17. The molecular weight excluding hydrogens is 497 g/mol. The van der Waals surface area contributed by atoms with Gasteiger partial charge >= 0.3 is 0 Å². The number of nitrogens with one attached hydrogen (secondary N) is 2. The number of ether oxygens (including phenoxy) is 3. The number of methoxy groups -OCH3 is 3. The summed E-state index contributed by atoms with van der Waals surface area (Å²) >= 11 is 0. The van der Waals surface area contributed by atoms with Crippen LogP contribution in [0.25, 0.3) is 0 Å². The first-order valence-electron chi connectivity index (χ1n) is 9.97. The van der Waals surface area contributed by atoms with E-state index < -0.39 is 0 Å². The molecule has 0 saturated heterocycles. The van der Waals surface area contributed by atoms with Crippen molar-refractivity contribution in [2.45, 2.75) is 12.5 Å². The fourth-order valence-corrected chi connectivity index (χ4v) is 3.03. The number of hydrogen-bond acceptors (Lipinski definition) is 6. The molecule has 0 aliphatic heterocycles. The van der Waals surface area contributed by atoms with Crippen LogP contribution in [-0.4, -0.2) is 98.1 Å². The quantitative estimate of drug-likeness (QED) is 0.173. The van der Waals surface area contributed by atoms with Gasteiger partial charge in [0.25, 0.3) is 0 Å². The van der Waals surface area contributed by atoms with Crippen molar-refractivity contribution in [3.05, 3.63) is 23.8 Å². The third-order valence-electron chi connectivity index (χ3n) is 4.78. The Morgan fingerprint density at radius 3 is 2.30 bits per heavy atom. The minimum absolute atomic E-state index is 0. The molecule has 1 aromatic rings. The molecule has 1 aromatic carbocycles. The summed E-state index contributed by atoms with van der Waals surface area (Å²) in [4.78, 5) is 8.79. The van der Waals surface area contributed by atoms with Crippen LogP contribution in [0.5, 0.6) is 11.5 Å². The zero-order valence-corrected chi connectivity index (χ0v) is 21.9. The van der Waals surface area contributed by atoms with Crippen LogP contribution in [0, 0.1) is 0 Å². The van der Waals surface area contributed by atoms with Gasteiger partial charge in [-0.1, -0.05) is 6.07 Å². The predicted octanol–water partition coefficient (Wildman–Crippen LogP) is 2.06. The average Bonchev–Trinajstić information content (AvgIpc) is 2.72. The van der Waals surface area contributed by atoms with E-state index in [2.05, 4.69) is 52.6 Å². The van der Waals surface area contributed by atoms with E-state index in [9.17, 15) is 0 Å². The van der Waals surface area contributed by atoms with Crippen LogP contribution in [0.1, 0.15) is 18.0 Å². The predicted molar refractivity (Wildman–Crippen MR) is 135 cm³/mol. The van der Waals surface area contributed by atoms with Crippen LogP contribution in [0.3, 0.4) is 0 Å². The number of rotatable bonds is 13. The van der Waals surface area contributed by atoms with E-state index in [1.165, 1.54) is 0 Å². The van der Waals surface area contributed by atoms with Gasteiger partial charge in [-0.25, -0.2) is 0 Å². The van der Waals surface area contributed by atoms with Gasteiger partial charge in [0.1, 0.15) is 0 Å². The van der Waals surface area contributed by atoms with Crippen molar-refractivity contribution in [1.82, 2.24) is 20.4 Å². The van der Waals surface area contributed by atoms with E-state index in [1.54, 1.807) is 28.4 Å². The lowest BCUT2D eigenvalue weighted by molar-refractivity contribution is 0.180. The molecule has 0 fully saturated rings. The molecule has 0 spiro atoms. The molecule has 8 nitrogen and oxygen atoms in total. The molecule has 0 saturated carbocycles. The SMILES string of the molecule is CN=C(NCCN(C)CCCOC)NCC(c1ccc(OC)c(OC)c1)N(C)C.I. The zero-order valence-electron chi connectivity index (χ0n) is 19.5. The minimum atomic E-state index is 0. The summed E-state index contributed by atoms with van der Waals surface area (Å²) in [6.45, 7) is 4.29. The van der Waals surface area contributed by atoms with Crippen molar-refractivity contribution >= 4 is 29.9 Å². The number of likely N-dealkylation sites (N-methyl/N-ethyl adjacent to an activating group) is 2. The Hall–Kier alpha value is -1.30.